The normalized spacial score (nSPS) is 19.7. The van der Waals surface area contributed by atoms with Crippen LogP contribution in [0.1, 0.15) is 37.4 Å². The summed E-state index contributed by atoms with van der Waals surface area (Å²) in [6.45, 7) is 3.33. The van der Waals surface area contributed by atoms with Crippen LogP contribution in [0.3, 0.4) is 0 Å². The molecule has 2 aromatic carbocycles. The van der Waals surface area contributed by atoms with Crippen molar-refractivity contribution in [3.63, 3.8) is 0 Å². The van der Waals surface area contributed by atoms with E-state index in [0.717, 1.165) is 12.1 Å². The lowest BCUT2D eigenvalue weighted by atomic mass is 9.85. The first kappa shape index (κ1) is 23.7. The van der Waals surface area contributed by atoms with Gasteiger partial charge in [-0.3, -0.25) is 4.79 Å². The van der Waals surface area contributed by atoms with Crippen LogP contribution < -0.4 is 5.32 Å². The number of benzene rings is 2. The van der Waals surface area contributed by atoms with E-state index in [1.807, 2.05) is 0 Å². The van der Waals surface area contributed by atoms with Gasteiger partial charge in [-0.05, 0) is 29.8 Å². The number of hydrogen-bond donors (Lipinski definition) is 1. The molecule has 4 nitrogen and oxygen atoms in total. The molecule has 0 aliphatic carbocycles. The molecule has 166 valence electrons. The van der Waals surface area contributed by atoms with Crippen molar-refractivity contribution in [1.82, 2.24) is 5.32 Å². The third kappa shape index (κ3) is 4.78. The molecule has 31 heavy (non-hydrogen) atoms. The summed E-state index contributed by atoms with van der Waals surface area (Å²) in [6.07, 6.45) is -5.53. The molecule has 1 N–H and O–H groups in total. The summed E-state index contributed by atoms with van der Waals surface area (Å²) < 4.78 is 42.8. The summed E-state index contributed by atoms with van der Waals surface area (Å²) in [5, 5.41) is 6.81. The molecule has 2 aromatic rings. The summed E-state index contributed by atoms with van der Waals surface area (Å²) in [6, 6.07) is 9.11. The molecule has 0 radical (unpaired) electrons. The maximum absolute atomic E-state index is 14.3. The number of halogens is 6. The maximum Gasteiger partial charge on any atom is 0.435 e. The van der Waals surface area contributed by atoms with Gasteiger partial charge in [-0.15, -0.1) is 0 Å². The highest BCUT2D eigenvalue weighted by molar-refractivity contribution is 6.34. The van der Waals surface area contributed by atoms with Crippen molar-refractivity contribution in [3.8, 4) is 0 Å². The minimum atomic E-state index is -4.85. The molecule has 3 rings (SSSR count). The van der Waals surface area contributed by atoms with E-state index in [9.17, 15) is 18.0 Å². The fraction of sp³-hybridized carbons (Fsp3) is 0.333. The number of nitrogens with zero attached hydrogens (tertiary/aromatic N) is 1. The van der Waals surface area contributed by atoms with Crippen molar-refractivity contribution in [3.05, 3.63) is 68.7 Å². The van der Waals surface area contributed by atoms with Crippen LogP contribution in [0.25, 0.3) is 0 Å². The van der Waals surface area contributed by atoms with Gasteiger partial charge in [0.2, 0.25) is 5.91 Å². The van der Waals surface area contributed by atoms with E-state index >= 15 is 0 Å². The monoisotopic (exact) mass is 492 g/mol. The number of oxime groups is 1. The van der Waals surface area contributed by atoms with Crippen molar-refractivity contribution in [2.75, 3.05) is 0 Å². The molecule has 0 aromatic heterocycles. The average Bonchev–Trinajstić information content (AvgIpc) is 3.12. The standard InChI is InChI=1S/C21H18Cl3F3N2O2/c1-11(2)19(30)28-18(15-5-3-4-6-16(15)24)17-10-20(31-29-17,21(25,26)27)12-7-13(22)9-14(23)8-12/h3-9,11,18H,10H2,1-2H3,(H,28,30). The first-order valence-corrected chi connectivity index (χ1v) is 10.4. The fourth-order valence-electron chi connectivity index (χ4n) is 3.23. The van der Waals surface area contributed by atoms with E-state index in [2.05, 4.69) is 10.5 Å². The first-order valence-electron chi connectivity index (χ1n) is 9.27. The fourth-order valence-corrected chi connectivity index (χ4v) is 4.00. The Hall–Kier alpha value is -1.96. The van der Waals surface area contributed by atoms with Crippen LogP contribution in [0, 0.1) is 5.92 Å². The lowest BCUT2D eigenvalue weighted by Crippen LogP contribution is -2.44. The zero-order valence-corrected chi connectivity index (χ0v) is 18.7. The SMILES string of the molecule is CC(C)C(=O)NC(C1=NOC(c2cc(Cl)cc(Cl)c2)(C(F)(F)F)C1)c1ccccc1Cl. The van der Waals surface area contributed by atoms with Crippen molar-refractivity contribution in [2.45, 2.75) is 38.1 Å². The minimum Gasteiger partial charge on any atom is -0.374 e. The summed E-state index contributed by atoms with van der Waals surface area (Å²) in [5.41, 5.74) is -2.72. The van der Waals surface area contributed by atoms with Crippen molar-refractivity contribution < 1.29 is 22.8 Å². The Kier molecular flexibility index (Phi) is 6.79. The van der Waals surface area contributed by atoms with Crippen LogP contribution in [0.15, 0.2) is 47.6 Å². The van der Waals surface area contributed by atoms with Gasteiger partial charge in [0.25, 0.3) is 5.60 Å². The number of nitrogens with one attached hydrogen (secondary N) is 1. The smallest absolute Gasteiger partial charge is 0.374 e. The number of rotatable bonds is 5. The third-order valence-corrected chi connectivity index (χ3v) is 5.68. The van der Waals surface area contributed by atoms with Crippen molar-refractivity contribution >= 4 is 46.4 Å². The molecule has 0 spiro atoms. The second-order valence-corrected chi connectivity index (χ2v) is 8.73. The van der Waals surface area contributed by atoms with Crippen molar-refractivity contribution in [2.24, 2.45) is 11.1 Å². The van der Waals surface area contributed by atoms with Crippen LogP contribution in [-0.4, -0.2) is 17.8 Å². The molecular weight excluding hydrogens is 476 g/mol. The first-order chi connectivity index (χ1) is 14.4. The van der Waals surface area contributed by atoms with E-state index in [0.29, 0.717) is 5.56 Å². The largest absolute Gasteiger partial charge is 0.435 e. The van der Waals surface area contributed by atoms with E-state index in [4.69, 9.17) is 39.6 Å². The highest BCUT2D eigenvalue weighted by Crippen LogP contribution is 2.50. The maximum atomic E-state index is 14.3. The van der Waals surface area contributed by atoms with Gasteiger partial charge in [0, 0.05) is 33.0 Å². The lowest BCUT2D eigenvalue weighted by molar-refractivity contribution is -0.275. The highest BCUT2D eigenvalue weighted by Gasteiger charge is 2.63. The average molecular weight is 494 g/mol. The van der Waals surface area contributed by atoms with Crippen LogP contribution in [0.2, 0.25) is 15.1 Å². The molecule has 1 aliphatic heterocycles. The van der Waals surface area contributed by atoms with Crippen LogP contribution in [-0.2, 0) is 15.2 Å². The van der Waals surface area contributed by atoms with E-state index in [-0.39, 0.29) is 32.3 Å². The van der Waals surface area contributed by atoms with Crippen LogP contribution in [0.5, 0.6) is 0 Å². The second-order valence-electron chi connectivity index (χ2n) is 7.45. The van der Waals surface area contributed by atoms with E-state index in [1.54, 1.807) is 38.1 Å². The van der Waals surface area contributed by atoms with Gasteiger partial charge in [-0.1, -0.05) is 72.0 Å². The number of carbonyl (C=O) groups is 1. The molecular formula is C21H18Cl3F3N2O2. The Morgan fingerprint density at radius 3 is 2.29 bits per heavy atom. The summed E-state index contributed by atoms with van der Waals surface area (Å²) >= 11 is 18.2. The molecule has 2 unspecified atom stereocenters. The van der Waals surface area contributed by atoms with Crippen LogP contribution >= 0.6 is 34.8 Å². The molecule has 1 heterocycles. The highest BCUT2D eigenvalue weighted by atomic mass is 35.5. The molecule has 10 heteroatoms. The van der Waals surface area contributed by atoms with Gasteiger partial charge in [0.1, 0.15) is 0 Å². The topological polar surface area (TPSA) is 50.7 Å². The summed E-state index contributed by atoms with van der Waals surface area (Å²) in [5.74, 6) is -0.782. The molecule has 0 bridgehead atoms. The predicted octanol–water partition coefficient (Wildman–Crippen LogP) is 6.69. The molecule has 0 saturated carbocycles. The number of hydrogen-bond acceptors (Lipinski definition) is 3. The predicted molar refractivity (Wildman–Crippen MR) is 115 cm³/mol. The number of amides is 1. The van der Waals surface area contributed by atoms with Gasteiger partial charge in [0.15, 0.2) is 0 Å². The van der Waals surface area contributed by atoms with Gasteiger partial charge in [0.05, 0.1) is 11.8 Å². The Bertz CT molecular complexity index is 1010. The van der Waals surface area contributed by atoms with E-state index in [1.165, 1.54) is 6.07 Å². The van der Waals surface area contributed by atoms with Gasteiger partial charge in [-0.25, -0.2) is 0 Å². The van der Waals surface area contributed by atoms with Crippen molar-refractivity contribution in [1.29, 1.82) is 0 Å². The molecule has 2 atom stereocenters. The van der Waals surface area contributed by atoms with Gasteiger partial charge in [-0.2, -0.15) is 13.2 Å². The number of carbonyl (C=O) groups excluding carboxylic acids is 1. The molecule has 1 amide bonds. The minimum absolute atomic E-state index is 0.0268. The Labute approximate surface area is 192 Å². The second kappa shape index (κ2) is 8.88. The van der Waals surface area contributed by atoms with Gasteiger partial charge < -0.3 is 10.2 Å². The Morgan fingerprint density at radius 1 is 1.13 bits per heavy atom. The van der Waals surface area contributed by atoms with Gasteiger partial charge >= 0.3 is 6.18 Å². The number of alkyl halides is 3. The molecule has 0 fully saturated rings. The zero-order valence-electron chi connectivity index (χ0n) is 16.4. The third-order valence-electron chi connectivity index (χ3n) is 4.90. The Morgan fingerprint density at radius 2 is 1.74 bits per heavy atom. The molecule has 1 aliphatic rings. The molecule has 0 saturated heterocycles. The zero-order chi connectivity index (χ0) is 23.0. The quantitative estimate of drug-likeness (QED) is 0.504. The summed E-state index contributed by atoms with van der Waals surface area (Å²) in [4.78, 5) is 17.5. The summed E-state index contributed by atoms with van der Waals surface area (Å²) in [7, 11) is 0. The Balaban J connectivity index is 2.06. The lowest BCUT2D eigenvalue weighted by Gasteiger charge is -2.30. The van der Waals surface area contributed by atoms with E-state index < -0.39 is 30.2 Å². The van der Waals surface area contributed by atoms with Crippen LogP contribution in [0.4, 0.5) is 13.2 Å².